The van der Waals surface area contributed by atoms with Crippen molar-refractivity contribution < 1.29 is 28.6 Å². The number of methoxy groups -OCH3 is 1. The zero-order valence-electron chi connectivity index (χ0n) is 27.6. The number of carbonyl (C=O) groups is 3. The van der Waals surface area contributed by atoms with Crippen LogP contribution in [0.15, 0.2) is 18.2 Å². The molecule has 4 aliphatic rings. The fourth-order valence-corrected chi connectivity index (χ4v) is 7.86. The van der Waals surface area contributed by atoms with Crippen molar-refractivity contribution in [3.63, 3.8) is 0 Å². The lowest BCUT2D eigenvalue weighted by atomic mass is 9.85. The first-order valence-electron chi connectivity index (χ1n) is 16.7. The lowest BCUT2D eigenvalue weighted by molar-refractivity contribution is -0.141. The Morgan fingerprint density at radius 3 is 2.44 bits per heavy atom. The quantitative estimate of drug-likeness (QED) is 0.452. The van der Waals surface area contributed by atoms with Gasteiger partial charge in [0.25, 0.3) is 0 Å². The van der Waals surface area contributed by atoms with Crippen LogP contribution in [0.2, 0.25) is 0 Å². The van der Waals surface area contributed by atoms with Crippen molar-refractivity contribution in [1.29, 1.82) is 0 Å². The van der Waals surface area contributed by atoms with Crippen molar-refractivity contribution in [3.8, 4) is 11.6 Å². The Bertz CT molecular complexity index is 1470. The minimum absolute atomic E-state index is 0.109. The van der Waals surface area contributed by atoms with Crippen LogP contribution in [0.25, 0.3) is 11.0 Å². The molecule has 1 aromatic heterocycles. The van der Waals surface area contributed by atoms with Crippen molar-refractivity contribution in [2.45, 2.75) is 122 Å². The number of hydrogen-bond donors (Lipinski definition) is 1. The number of carbonyl (C=O) groups excluding carboxylic acids is 3. The van der Waals surface area contributed by atoms with Crippen molar-refractivity contribution in [2.24, 2.45) is 17.3 Å². The molecule has 45 heavy (non-hydrogen) atoms. The van der Waals surface area contributed by atoms with Gasteiger partial charge in [0.2, 0.25) is 11.8 Å². The Hall–Kier alpha value is -3.43. The Kier molecular flexibility index (Phi) is 8.46. The molecular weight excluding hydrogens is 572 g/mol. The number of Topliss-reactive ketones (excluding diaryl/α,β-unsaturated/α-hetero) is 1. The highest BCUT2D eigenvalue weighted by Crippen LogP contribution is 2.54. The van der Waals surface area contributed by atoms with Crippen LogP contribution in [0.3, 0.4) is 0 Å². The van der Waals surface area contributed by atoms with E-state index in [-0.39, 0.29) is 35.7 Å². The van der Waals surface area contributed by atoms with Gasteiger partial charge in [0.1, 0.15) is 29.7 Å². The van der Waals surface area contributed by atoms with E-state index in [0.29, 0.717) is 23.1 Å². The average molecular weight is 621 g/mol. The van der Waals surface area contributed by atoms with Crippen LogP contribution in [0.5, 0.6) is 11.6 Å². The molecule has 10 nitrogen and oxygen atoms in total. The molecule has 1 N–H and O–H groups in total. The number of amides is 2. The van der Waals surface area contributed by atoms with Crippen molar-refractivity contribution >= 4 is 28.8 Å². The molecule has 1 saturated heterocycles. The summed E-state index contributed by atoms with van der Waals surface area (Å²) in [5.41, 5.74) is 1.61. The summed E-state index contributed by atoms with van der Waals surface area (Å²) in [5.74, 6) is 0.745. The van der Waals surface area contributed by atoms with Gasteiger partial charge in [-0.2, -0.15) is 0 Å². The summed E-state index contributed by atoms with van der Waals surface area (Å²) in [5, 5.41) is 2.91. The monoisotopic (exact) mass is 620 g/mol. The van der Waals surface area contributed by atoms with Gasteiger partial charge in [0, 0.05) is 17.4 Å². The summed E-state index contributed by atoms with van der Waals surface area (Å²) in [6.07, 6.45) is 7.79. The molecule has 6 atom stereocenters. The third kappa shape index (κ3) is 6.21. The number of nitrogens with one attached hydrogen (secondary N) is 1. The molecular formula is C35H48N4O6. The van der Waals surface area contributed by atoms with Gasteiger partial charge in [0.15, 0.2) is 5.78 Å². The maximum absolute atomic E-state index is 14.3. The van der Waals surface area contributed by atoms with E-state index in [1.807, 2.05) is 45.9 Å². The molecule has 3 heterocycles. The molecule has 1 spiro atoms. The third-order valence-electron chi connectivity index (χ3n) is 10.7. The van der Waals surface area contributed by atoms with E-state index in [9.17, 15) is 14.4 Å². The van der Waals surface area contributed by atoms with Gasteiger partial charge in [-0.1, -0.05) is 40.5 Å². The fourth-order valence-electron chi connectivity index (χ4n) is 7.86. The summed E-state index contributed by atoms with van der Waals surface area (Å²) >= 11 is 0. The minimum atomic E-state index is -0.880. The topological polar surface area (TPSA) is 120 Å². The third-order valence-corrected chi connectivity index (χ3v) is 10.7. The highest BCUT2D eigenvalue weighted by atomic mass is 16.6. The van der Waals surface area contributed by atoms with Gasteiger partial charge in [0.05, 0.1) is 30.7 Å². The van der Waals surface area contributed by atoms with Crippen molar-refractivity contribution in [2.75, 3.05) is 13.7 Å². The summed E-state index contributed by atoms with van der Waals surface area (Å²) in [4.78, 5) is 52.4. The number of nitrogens with zero attached hydrogens (tertiary/aromatic N) is 3. The summed E-state index contributed by atoms with van der Waals surface area (Å²) < 4.78 is 18.2. The molecule has 6 rings (SSSR count). The van der Waals surface area contributed by atoms with E-state index < -0.39 is 29.7 Å². The number of aromatic nitrogens is 2. The number of hydrogen-bond acceptors (Lipinski definition) is 8. The number of ether oxygens (including phenoxy) is 3. The highest BCUT2D eigenvalue weighted by Gasteiger charge is 2.51. The van der Waals surface area contributed by atoms with Crippen LogP contribution in [0.4, 0.5) is 4.79 Å². The lowest BCUT2D eigenvalue weighted by Gasteiger charge is -2.35. The highest BCUT2D eigenvalue weighted by molar-refractivity contribution is 5.92. The standard InChI is InChI=1S/C35H48N4O6/c1-20-27-19-39(28(20)21(2)40)32(41)30(34(3,4)5)38-33(42)45-26-12-9-11-22(26)10-7-8-15-35(16-17-35)29-31(44-27)37-25-18-23(43-6)13-14-24(25)36-29/h13-14,18,20,22,26-28,30H,7-12,15-17,19H2,1-6H3,(H,38,42)/t20-,22-,26-,27+,28+,30-/m1/s1. The van der Waals surface area contributed by atoms with E-state index in [1.165, 1.54) is 6.92 Å². The van der Waals surface area contributed by atoms with E-state index >= 15 is 0 Å². The molecule has 0 radical (unpaired) electrons. The molecule has 2 aliphatic carbocycles. The molecule has 2 aliphatic heterocycles. The van der Waals surface area contributed by atoms with Crippen molar-refractivity contribution in [3.05, 3.63) is 23.9 Å². The van der Waals surface area contributed by atoms with E-state index in [0.717, 1.165) is 69.0 Å². The van der Waals surface area contributed by atoms with Gasteiger partial charge in [-0.25, -0.2) is 14.8 Å². The molecule has 10 heteroatoms. The van der Waals surface area contributed by atoms with Crippen LogP contribution >= 0.6 is 0 Å². The second-order valence-corrected chi connectivity index (χ2v) is 14.9. The van der Waals surface area contributed by atoms with Crippen LogP contribution in [0, 0.1) is 17.3 Å². The average Bonchev–Trinajstić information content (AvgIpc) is 3.53. The van der Waals surface area contributed by atoms with Gasteiger partial charge < -0.3 is 24.4 Å². The van der Waals surface area contributed by atoms with Gasteiger partial charge in [-0.15, -0.1) is 0 Å². The maximum Gasteiger partial charge on any atom is 0.408 e. The zero-order chi connectivity index (χ0) is 32.1. The summed E-state index contributed by atoms with van der Waals surface area (Å²) in [7, 11) is 1.62. The second kappa shape index (κ2) is 12.1. The molecule has 2 saturated carbocycles. The van der Waals surface area contributed by atoms with Crippen LogP contribution in [0.1, 0.15) is 98.1 Å². The van der Waals surface area contributed by atoms with Crippen LogP contribution in [-0.2, 0) is 19.7 Å². The number of alkyl carbamates (subject to hydrolysis) is 1. The summed E-state index contributed by atoms with van der Waals surface area (Å²) in [6, 6.07) is 4.12. The molecule has 1 aromatic carbocycles. The first-order valence-corrected chi connectivity index (χ1v) is 16.7. The van der Waals surface area contributed by atoms with E-state index in [4.69, 9.17) is 24.2 Å². The van der Waals surface area contributed by atoms with E-state index in [2.05, 4.69) is 5.32 Å². The number of rotatable bonds is 2. The first-order chi connectivity index (χ1) is 21.4. The number of benzene rings is 1. The normalized spacial score (nSPS) is 30.4. The number of fused-ring (bicyclic) bond motifs is 6. The first kappa shape index (κ1) is 31.5. The Labute approximate surface area is 266 Å². The lowest BCUT2D eigenvalue weighted by Crippen LogP contribution is -2.57. The fraction of sp³-hybridized carbons (Fsp3) is 0.686. The second-order valence-electron chi connectivity index (χ2n) is 14.9. The van der Waals surface area contributed by atoms with Crippen LogP contribution in [-0.4, -0.2) is 70.6 Å². The number of ketones is 1. The van der Waals surface area contributed by atoms with Crippen LogP contribution < -0.4 is 14.8 Å². The van der Waals surface area contributed by atoms with Gasteiger partial charge in [-0.3, -0.25) is 9.59 Å². The van der Waals surface area contributed by atoms with E-state index in [1.54, 1.807) is 12.0 Å². The Morgan fingerprint density at radius 1 is 1.00 bits per heavy atom. The SMILES string of the molecule is COc1ccc2nc3c(nc2c1)O[C@H]1CN(C(=O)[C@H](C(C)(C)C)NC(=O)O[C@@H]2CCC[C@H]2CCCCC32CC2)[C@H](C(C)=O)[C@@H]1C. The zero-order valence-corrected chi connectivity index (χ0v) is 27.6. The van der Waals surface area contributed by atoms with Crippen molar-refractivity contribution in [1.82, 2.24) is 20.2 Å². The predicted octanol–water partition coefficient (Wildman–Crippen LogP) is 5.74. The summed E-state index contributed by atoms with van der Waals surface area (Å²) in [6.45, 7) is 9.40. The Morgan fingerprint density at radius 2 is 1.76 bits per heavy atom. The molecule has 3 fully saturated rings. The van der Waals surface area contributed by atoms with Gasteiger partial charge >= 0.3 is 6.09 Å². The molecule has 244 valence electrons. The Balaban J connectivity index is 1.41. The molecule has 0 unspecified atom stereocenters. The molecule has 2 aromatic rings. The molecule has 2 amide bonds. The maximum atomic E-state index is 14.3. The smallest absolute Gasteiger partial charge is 0.408 e. The molecule has 2 bridgehead atoms. The predicted molar refractivity (Wildman–Crippen MR) is 169 cm³/mol. The largest absolute Gasteiger partial charge is 0.497 e. The minimum Gasteiger partial charge on any atom is -0.497 e. The van der Waals surface area contributed by atoms with Gasteiger partial charge in [-0.05, 0) is 75.3 Å².